The fourth-order valence-corrected chi connectivity index (χ4v) is 1.46. The van der Waals surface area contributed by atoms with Gasteiger partial charge >= 0.3 is 0 Å². The number of aliphatic hydroxyl groups excluding tert-OH is 1. The number of halogens is 1. The molecule has 0 unspecified atom stereocenters. The van der Waals surface area contributed by atoms with Crippen molar-refractivity contribution < 1.29 is 5.11 Å². The maximum Gasteiger partial charge on any atom is 0.157 e. The van der Waals surface area contributed by atoms with E-state index in [1.807, 2.05) is 6.07 Å². The lowest BCUT2D eigenvalue weighted by molar-refractivity contribution is 0.297. The molecule has 68 valence electrons. The molecule has 0 saturated heterocycles. The molecule has 0 aliphatic heterocycles. The quantitative estimate of drug-likeness (QED) is 0.833. The summed E-state index contributed by atoms with van der Waals surface area (Å²) in [6, 6.07) is 1.89. The zero-order valence-electron chi connectivity index (χ0n) is 6.79. The fraction of sp³-hybridized carbons (Fsp3) is 0.250. The summed E-state index contributed by atoms with van der Waals surface area (Å²) in [5.41, 5.74) is 1.57. The van der Waals surface area contributed by atoms with E-state index in [1.165, 1.54) is 0 Å². The van der Waals surface area contributed by atoms with Gasteiger partial charge in [0.1, 0.15) is 11.3 Å². The molecule has 5 heteroatoms. The topological polar surface area (TPSA) is 61.8 Å². The van der Waals surface area contributed by atoms with Crippen molar-refractivity contribution in [2.24, 2.45) is 0 Å². The van der Waals surface area contributed by atoms with Crippen LogP contribution in [0.3, 0.4) is 0 Å². The van der Waals surface area contributed by atoms with E-state index in [1.54, 1.807) is 6.20 Å². The number of nitrogens with one attached hydrogen (secondary N) is 1. The maximum atomic E-state index is 8.71. The van der Waals surface area contributed by atoms with Crippen LogP contribution >= 0.6 is 15.9 Å². The average molecular weight is 242 g/mol. The highest BCUT2D eigenvalue weighted by Crippen LogP contribution is 2.14. The molecule has 4 nitrogen and oxygen atoms in total. The molecule has 0 aliphatic rings. The first-order valence-corrected chi connectivity index (χ1v) is 4.70. The predicted molar refractivity (Wildman–Crippen MR) is 52.4 cm³/mol. The van der Waals surface area contributed by atoms with Crippen LogP contribution in [0.25, 0.3) is 11.2 Å². The summed E-state index contributed by atoms with van der Waals surface area (Å²) in [6.07, 6.45) is 2.25. The van der Waals surface area contributed by atoms with Crippen LogP contribution in [-0.2, 0) is 6.42 Å². The van der Waals surface area contributed by atoms with E-state index in [4.69, 9.17) is 5.11 Å². The van der Waals surface area contributed by atoms with Gasteiger partial charge in [-0.3, -0.25) is 0 Å². The Hall–Kier alpha value is -0.940. The Balaban J connectivity index is 2.49. The molecule has 0 aromatic carbocycles. The van der Waals surface area contributed by atoms with Gasteiger partial charge in [-0.05, 0) is 22.0 Å². The number of aliphatic hydroxyl groups is 1. The minimum atomic E-state index is 0.0982. The van der Waals surface area contributed by atoms with Gasteiger partial charge < -0.3 is 10.1 Å². The summed E-state index contributed by atoms with van der Waals surface area (Å²) in [6.45, 7) is 0.0982. The van der Waals surface area contributed by atoms with Crippen molar-refractivity contribution in [3.8, 4) is 0 Å². The van der Waals surface area contributed by atoms with E-state index in [-0.39, 0.29) is 6.61 Å². The van der Waals surface area contributed by atoms with Crippen molar-refractivity contribution in [3.63, 3.8) is 0 Å². The number of hydrogen-bond donors (Lipinski definition) is 2. The zero-order chi connectivity index (χ0) is 9.26. The fourth-order valence-electron chi connectivity index (χ4n) is 1.14. The van der Waals surface area contributed by atoms with Crippen LogP contribution in [0, 0.1) is 0 Å². The Kier molecular flexibility index (Phi) is 2.28. The molecular formula is C8H8BrN3O. The summed E-state index contributed by atoms with van der Waals surface area (Å²) < 4.78 is 0.905. The highest BCUT2D eigenvalue weighted by atomic mass is 79.9. The van der Waals surface area contributed by atoms with Crippen LogP contribution in [0.5, 0.6) is 0 Å². The molecule has 0 amide bonds. The van der Waals surface area contributed by atoms with Gasteiger partial charge in [-0.2, -0.15) is 0 Å². The van der Waals surface area contributed by atoms with Crippen LogP contribution in [-0.4, -0.2) is 26.7 Å². The molecule has 0 fully saturated rings. The lowest BCUT2D eigenvalue weighted by atomic mass is 10.4. The Bertz CT molecular complexity index is 426. The Morgan fingerprint density at radius 3 is 3.15 bits per heavy atom. The summed E-state index contributed by atoms with van der Waals surface area (Å²) in [5, 5.41) is 8.71. The molecule has 2 rings (SSSR count). The number of H-pyrrole nitrogens is 1. The standard InChI is InChI=1S/C8H8BrN3O/c9-5-3-6-8(10-4-5)12-7(11-6)1-2-13/h3-4,13H,1-2H2,(H,10,11,12). The van der Waals surface area contributed by atoms with E-state index in [0.717, 1.165) is 21.5 Å². The van der Waals surface area contributed by atoms with E-state index in [9.17, 15) is 0 Å². The predicted octanol–water partition coefficient (Wildman–Crippen LogP) is 1.26. The third kappa shape index (κ3) is 1.71. The number of aromatic amines is 1. The van der Waals surface area contributed by atoms with Crippen LogP contribution in [0.2, 0.25) is 0 Å². The van der Waals surface area contributed by atoms with E-state index < -0.39 is 0 Å². The summed E-state index contributed by atoms with van der Waals surface area (Å²) in [4.78, 5) is 11.4. The summed E-state index contributed by atoms with van der Waals surface area (Å²) in [7, 11) is 0. The van der Waals surface area contributed by atoms with Crippen LogP contribution < -0.4 is 0 Å². The van der Waals surface area contributed by atoms with Crippen LogP contribution in [0.1, 0.15) is 5.82 Å². The average Bonchev–Trinajstić information content (AvgIpc) is 2.46. The first-order chi connectivity index (χ1) is 6.29. The second-order valence-corrected chi connectivity index (χ2v) is 3.59. The van der Waals surface area contributed by atoms with Crippen molar-refractivity contribution in [1.29, 1.82) is 0 Å². The number of rotatable bonds is 2. The Morgan fingerprint density at radius 2 is 2.38 bits per heavy atom. The number of pyridine rings is 1. The van der Waals surface area contributed by atoms with Gasteiger partial charge in [0.15, 0.2) is 5.65 Å². The van der Waals surface area contributed by atoms with Crippen LogP contribution in [0.15, 0.2) is 16.7 Å². The molecule has 2 aromatic rings. The molecule has 2 N–H and O–H groups in total. The van der Waals surface area contributed by atoms with Gasteiger partial charge in [-0.1, -0.05) is 0 Å². The molecule has 0 saturated carbocycles. The molecule has 0 radical (unpaired) electrons. The number of aromatic nitrogens is 3. The number of hydrogen-bond acceptors (Lipinski definition) is 3. The van der Waals surface area contributed by atoms with E-state index in [0.29, 0.717) is 6.42 Å². The smallest absolute Gasteiger partial charge is 0.157 e. The van der Waals surface area contributed by atoms with Gasteiger partial charge in [0.25, 0.3) is 0 Å². The second-order valence-electron chi connectivity index (χ2n) is 2.68. The van der Waals surface area contributed by atoms with Gasteiger partial charge in [0, 0.05) is 17.1 Å². The van der Waals surface area contributed by atoms with E-state index in [2.05, 4.69) is 30.9 Å². The van der Waals surface area contributed by atoms with Crippen molar-refractivity contribution >= 4 is 27.1 Å². The summed E-state index contributed by atoms with van der Waals surface area (Å²) >= 11 is 3.31. The zero-order valence-corrected chi connectivity index (χ0v) is 8.37. The first kappa shape index (κ1) is 8.65. The highest BCUT2D eigenvalue weighted by Gasteiger charge is 2.02. The molecule has 0 aliphatic carbocycles. The Morgan fingerprint density at radius 1 is 1.54 bits per heavy atom. The number of nitrogens with zero attached hydrogens (tertiary/aromatic N) is 2. The largest absolute Gasteiger partial charge is 0.396 e. The Labute approximate surface area is 83.2 Å². The molecule has 13 heavy (non-hydrogen) atoms. The van der Waals surface area contributed by atoms with Gasteiger partial charge in [-0.25, -0.2) is 9.97 Å². The lowest BCUT2D eigenvalue weighted by Crippen LogP contribution is -1.91. The van der Waals surface area contributed by atoms with Gasteiger partial charge in [0.2, 0.25) is 0 Å². The SMILES string of the molecule is OCCc1nc2cc(Br)cnc2[nH]1. The minimum Gasteiger partial charge on any atom is -0.396 e. The third-order valence-electron chi connectivity index (χ3n) is 1.70. The molecule has 2 aromatic heterocycles. The molecule has 2 heterocycles. The summed E-state index contributed by atoms with van der Waals surface area (Å²) in [5.74, 6) is 0.767. The van der Waals surface area contributed by atoms with Gasteiger partial charge in [-0.15, -0.1) is 0 Å². The van der Waals surface area contributed by atoms with Crippen molar-refractivity contribution in [2.75, 3.05) is 6.61 Å². The maximum absolute atomic E-state index is 8.71. The molecule has 0 atom stereocenters. The first-order valence-electron chi connectivity index (χ1n) is 3.90. The number of fused-ring (bicyclic) bond motifs is 1. The molecule has 0 spiro atoms. The molecule has 0 bridgehead atoms. The lowest BCUT2D eigenvalue weighted by Gasteiger charge is -1.86. The highest BCUT2D eigenvalue weighted by molar-refractivity contribution is 9.10. The van der Waals surface area contributed by atoms with Gasteiger partial charge in [0.05, 0.1) is 6.61 Å². The van der Waals surface area contributed by atoms with E-state index >= 15 is 0 Å². The normalized spacial score (nSPS) is 10.9. The number of imidazole rings is 1. The third-order valence-corrected chi connectivity index (χ3v) is 2.13. The van der Waals surface area contributed by atoms with Crippen molar-refractivity contribution in [2.45, 2.75) is 6.42 Å². The monoisotopic (exact) mass is 241 g/mol. The molecular weight excluding hydrogens is 234 g/mol. The van der Waals surface area contributed by atoms with Crippen LogP contribution in [0.4, 0.5) is 0 Å². The van der Waals surface area contributed by atoms with Crippen molar-refractivity contribution in [3.05, 3.63) is 22.6 Å². The minimum absolute atomic E-state index is 0.0982. The second kappa shape index (κ2) is 3.43. The van der Waals surface area contributed by atoms with Crippen molar-refractivity contribution in [1.82, 2.24) is 15.0 Å².